The first-order valence-corrected chi connectivity index (χ1v) is 10.2. The van der Waals surface area contributed by atoms with E-state index in [1.807, 2.05) is 0 Å². The molecule has 0 unspecified atom stereocenters. The third-order valence-electron chi connectivity index (χ3n) is 5.04. The van der Waals surface area contributed by atoms with Crippen molar-refractivity contribution in [3.8, 4) is 11.8 Å². The lowest BCUT2D eigenvalue weighted by atomic mass is 9.72. The first-order chi connectivity index (χ1) is 12.8. The number of rotatable bonds is 4. The molecule has 0 spiro atoms. The second-order valence-corrected chi connectivity index (χ2v) is 9.46. The van der Waals surface area contributed by atoms with Crippen molar-refractivity contribution in [1.29, 1.82) is 5.26 Å². The molecule has 1 aliphatic rings. The van der Waals surface area contributed by atoms with Gasteiger partial charge in [0.1, 0.15) is 16.8 Å². The number of halogens is 1. The summed E-state index contributed by atoms with van der Waals surface area (Å²) in [6.45, 7) is 6.68. The van der Waals surface area contributed by atoms with Crippen LogP contribution in [0.1, 0.15) is 43.2 Å². The Morgan fingerprint density at radius 2 is 2.07 bits per heavy atom. The van der Waals surface area contributed by atoms with Crippen molar-refractivity contribution in [1.82, 2.24) is 0 Å². The van der Waals surface area contributed by atoms with Gasteiger partial charge in [-0.05, 0) is 60.4 Å². The van der Waals surface area contributed by atoms with E-state index in [4.69, 9.17) is 16.3 Å². The van der Waals surface area contributed by atoms with Crippen LogP contribution >= 0.6 is 22.9 Å². The highest BCUT2D eigenvalue weighted by molar-refractivity contribution is 7.16. The van der Waals surface area contributed by atoms with Gasteiger partial charge in [-0.15, -0.1) is 11.3 Å². The van der Waals surface area contributed by atoms with E-state index in [2.05, 4.69) is 32.2 Å². The van der Waals surface area contributed by atoms with Gasteiger partial charge in [-0.3, -0.25) is 4.79 Å². The molecule has 0 bridgehead atoms. The Labute approximate surface area is 169 Å². The Morgan fingerprint density at radius 1 is 1.37 bits per heavy atom. The predicted molar refractivity (Wildman–Crippen MR) is 110 cm³/mol. The molecule has 1 amide bonds. The van der Waals surface area contributed by atoms with Crippen molar-refractivity contribution >= 4 is 33.8 Å². The van der Waals surface area contributed by atoms with E-state index in [0.717, 1.165) is 24.8 Å². The molecule has 0 aliphatic heterocycles. The highest BCUT2D eigenvalue weighted by Crippen LogP contribution is 2.43. The minimum Gasteiger partial charge on any atom is -0.484 e. The van der Waals surface area contributed by atoms with Crippen molar-refractivity contribution < 1.29 is 9.53 Å². The van der Waals surface area contributed by atoms with Gasteiger partial charge in [-0.1, -0.05) is 32.4 Å². The number of carbonyl (C=O) groups excluding carboxylic acids is 1. The number of thiophene rings is 1. The van der Waals surface area contributed by atoms with Crippen LogP contribution in [-0.2, 0) is 17.6 Å². The molecule has 0 saturated heterocycles. The van der Waals surface area contributed by atoms with Gasteiger partial charge in [0.05, 0.1) is 5.56 Å². The third kappa shape index (κ3) is 4.63. The summed E-state index contributed by atoms with van der Waals surface area (Å²) in [7, 11) is 0. The van der Waals surface area contributed by atoms with Crippen molar-refractivity contribution in [2.75, 3.05) is 11.9 Å². The van der Waals surface area contributed by atoms with E-state index < -0.39 is 0 Å². The number of hydrogen-bond acceptors (Lipinski definition) is 4. The summed E-state index contributed by atoms with van der Waals surface area (Å²) in [4.78, 5) is 13.5. The smallest absolute Gasteiger partial charge is 0.262 e. The molecule has 1 aliphatic carbocycles. The van der Waals surface area contributed by atoms with Crippen LogP contribution in [0.2, 0.25) is 5.02 Å². The number of ether oxygens (including phenoxy) is 1. The molecule has 1 aromatic carbocycles. The van der Waals surface area contributed by atoms with Crippen LogP contribution in [-0.4, -0.2) is 12.5 Å². The maximum atomic E-state index is 12.3. The lowest BCUT2D eigenvalue weighted by Gasteiger charge is -2.33. The van der Waals surface area contributed by atoms with Gasteiger partial charge in [-0.25, -0.2) is 0 Å². The number of benzene rings is 1. The fraction of sp³-hybridized carbons (Fsp3) is 0.429. The molecule has 2 aromatic rings. The van der Waals surface area contributed by atoms with E-state index in [0.29, 0.717) is 27.3 Å². The monoisotopic (exact) mass is 402 g/mol. The minimum absolute atomic E-state index is 0.111. The van der Waals surface area contributed by atoms with Crippen LogP contribution in [0.5, 0.6) is 5.75 Å². The van der Waals surface area contributed by atoms with Crippen molar-refractivity contribution in [2.45, 2.75) is 40.0 Å². The molecule has 4 nitrogen and oxygen atoms in total. The number of nitriles is 1. The maximum Gasteiger partial charge on any atom is 0.262 e. The number of amides is 1. The Bertz CT molecular complexity index is 875. The zero-order valence-corrected chi connectivity index (χ0v) is 17.3. The zero-order valence-electron chi connectivity index (χ0n) is 15.8. The summed E-state index contributed by atoms with van der Waals surface area (Å²) >= 11 is 7.37. The van der Waals surface area contributed by atoms with Gasteiger partial charge in [0.25, 0.3) is 5.91 Å². The largest absolute Gasteiger partial charge is 0.484 e. The van der Waals surface area contributed by atoms with E-state index >= 15 is 0 Å². The Balaban J connectivity index is 1.68. The van der Waals surface area contributed by atoms with Crippen LogP contribution in [0.25, 0.3) is 0 Å². The Morgan fingerprint density at radius 3 is 2.70 bits per heavy atom. The first kappa shape index (κ1) is 19.7. The highest BCUT2D eigenvalue weighted by Gasteiger charge is 2.32. The number of anilines is 1. The summed E-state index contributed by atoms with van der Waals surface area (Å²) in [5, 5.41) is 13.7. The van der Waals surface area contributed by atoms with Crippen molar-refractivity contribution in [3.63, 3.8) is 0 Å². The highest BCUT2D eigenvalue weighted by atomic mass is 35.5. The summed E-state index contributed by atoms with van der Waals surface area (Å²) in [6, 6.07) is 9.13. The summed E-state index contributed by atoms with van der Waals surface area (Å²) in [5.74, 6) is 0.896. The standard InChI is InChI=1S/C21H23ClN2O2S/c1-21(2,3)13-4-9-16-17(11-23)20(27-18(16)10-13)24-19(25)12-26-15-7-5-14(22)6-8-15/h5-8,13H,4,9-10,12H2,1-3H3,(H,24,25)/t13-/m1/s1. The fourth-order valence-corrected chi connectivity index (χ4v) is 4.79. The van der Waals surface area contributed by atoms with Crippen molar-refractivity contribution in [2.24, 2.45) is 11.3 Å². The lowest BCUT2D eigenvalue weighted by Crippen LogP contribution is -2.26. The molecule has 0 radical (unpaired) electrons. The van der Waals surface area contributed by atoms with Crippen molar-refractivity contribution in [3.05, 3.63) is 45.3 Å². The normalized spacial score (nSPS) is 16.3. The van der Waals surface area contributed by atoms with E-state index in [-0.39, 0.29) is 17.9 Å². The molecule has 3 rings (SSSR count). The quantitative estimate of drug-likeness (QED) is 0.740. The SMILES string of the molecule is CC(C)(C)[C@@H]1CCc2c(sc(NC(=O)COc3ccc(Cl)cc3)c2C#N)C1. The zero-order chi connectivity index (χ0) is 19.6. The molecule has 27 heavy (non-hydrogen) atoms. The molecule has 0 fully saturated rings. The molecule has 1 aromatic heterocycles. The second-order valence-electron chi connectivity index (χ2n) is 7.92. The van der Waals surface area contributed by atoms with Crippen LogP contribution in [0.15, 0.2) is 24.3 Å². The molecule has 0 saturated carbocycles. The van der Waals surface area contributed by atoms with Crippen LogP contribution < -0.4 is 10.1 Å². The van der Waals surface area contributed by atoms with Gasteiger partial charge in [-0.2, -0.15) is 5.26 Å². The van der Waals surface area contributed by atoms with E-state index in [1.165, 1.54) is 16.2 Å². The van der Waals surface area contributed by atoms with Gasteiger partial charge >= 0.3 is 0 Å². The summed E-state index contributed by atoms with van der Waals surface area (Å²) in [5.41, 5.74) is 1.96. The van der Waals surface area contributed by atoms with Gasteiger partial charge in [0.15, 0.2) is 6.61 Å². The number of hydrogen-bond donors (Lipinski definition) is 1. The molecular formula is C21H23ClN2O2S. The van der Waals surface area contributed by atoms with E-state index in [1.54, 1.807) is 24.3 Å². The van der Waals surface area contributed by atoms with Gasteiger partial charge < -0.3 is 10.1 Å². The fourth-order valence-electron chi connectivity index (χ4n) is 3.37. The third-order valence-corrected chi connectivity index (χ3v) is 6.46. The van der Waals surface area contributed by atoms with Crippen LogP contribution in [0.3, 0.4) is 0 Å². The van der Waals surface area contributed by atoms with Crippen LogP contribution in [0.4, 0.5) is 5.00 Å². The molecule has 142 valence electrons. The lowest BCUT2D eigenvalue weighted by molar-refractivity contribution is -0.118. The molecular weight excluding hydrogens is 380 g/mol. The number of nitrogens with one attached hydrogen (secondary N) is 1. The average molecular weight is 403 g/mol. The maximum absolute atomic E-state index is 12.3. The van der Waals surface area contributed by atoms with Gasteiger partial charge in [0.2, 0.25) is 0 Å². The molecule has 1 N–H and O–H groups in total. The predicted octanol–water partition coefficient (Wildman–Crippen LogP) is 5.44. The minimum atomic E-state index is -0.271. The molecule has 1 atom stereocenters. The first-order valence-electron chi connectivity index (χ1n) is 9.00. The second kappa shape index (κ2) is 7.92. The van der Waals surface area contributed by atoms with E-state index in [9.17, 15) is 10.1 Å². The van der Waals surface area contributed by atoms with Gasteiger partial charge in [0, 0.05) is 9.90 Å². The van der Waals surface area contributed by atoms with Crippen LogP contribution in [0, 0.1) is 22.7 Å². The molecule has 6 heteroatoms. The average Bonchev–Trinajstić information content (AvgIpc) is 2.96. The molecule has 1 heterocycles. The number of nitrogens with zero attached hydrogens (tertiary/aromatic N) is 1. The topological polar surface area (TPSA) is 62.1 Å². The summed E-state index contributed by atoms with van der Waals surface area (Å²) in [6.07, 6.45) is 2.94. The number of fused-ring (bicyclic) bond motifs is 1. The number of carbonyl (C=O) groups is 1. The Hall–Kier alpha value is -2.03. The summed E-state index contributed by atoms with van der Waals surface area (Å²) < 4.78 is 5.48. The Kier molecular flexibility index (Phi) is 5.78.